The number of hydrogen-bond acceptors (Lipinski definition) is 5. The first-order chi connectivity index (χ1) is 13.5. The van der Waals surface area contributed by atoms with Crippen molar-refractivity contribution in [1.82, 2.24) is 9.78 Å². The lowest BCUT2D eigenvalue weighted by Gasteiger charge is -2.08. The summed E-state index contributed by atoms with van der Waals surface area (Å²) < 4.78 is 12.0. The number of ether oxygens (including phenoxy) is 2. The molecule has 0 aliphatic heterocycles. The SMILES string of the molecule is Cc1nn(-c2ccccc2)c(C)c1NC(=O)COC(=O)COc1ccccc1. The van der Waals surface area contributed by atoms with E-state index in [4.69, 9.17) is 9.47 Å². The van der Waals surface area contributed by atoms with Crippen LogP contribution < -0.4 is 10.1 Å². The van der Waals surface area contributed by atoms with Gasteiger partial charge in [-0.3, -0.25) is 4.79 Å². The monoisotopic (exact) mass is 379 g/mol. The lowest BCUT2D eigenvalue weighted by Crippen LogP contribution is -2.24. The Kier molecular flexibility index (Phi) is 6.06. The largest absolute Gasteiger partial charge is 0.482 e. The summed E-state index contributed by atoms with van der Waals surface area (Å²) in [6.07, 6.45) is 0. The summed E-state index contributed by atoms with van der Waals surface area (Å²) in [6, 6.07) is 18.5. The minimum atomic E-state index is -0.618. The van der Waals surface area contributed by atoms with E-state index < -0.39 is 18.5 Å². The van der Waals surface area contributed by atoms with Crippen LogP contribution in [0.3, 0.4) is 0 Å². The topological polar surface area (TPSA) is 82.5 Å². The third kappa shape index (κ3) is 4.76. The Morgan fingerprint density at radius 2 is 1.61 bits per heavy atom. The van der Waals surface area contributed by atoms with Gasteiger partial charge in [-0.2, -0.15) is 5.10 Å². The molecule has 3 aromatic rings. The van der Waals surface area contributed by atoms with E-state index in [0.29, 0.717) is 17.1 Å². The molecular weight excluding hydrogens is 358 g/mol. The molecule has 0 atom stereocenters. The van der Waals surface area contributed by atoms with Crippen LogP contribution >= 0.6 is 0 Å². The maximum absolute atomic E-state index is 12.2. The van der Waals surface area contributed by atoms with Gasteiger partial charge in [0, 0.05) is 0 Å². The average Bonchev–Trinajstić information content (AvgIpc) is 3.00. The maximum Gasteiger partial charge on any atom is 0.344 e. The molecule has 0 radical (unpaired) electrons. The van der Waals surface area contributed by atoms with Crippen LogP contribution in [-0.4, -0.2) is 34.9 Å². The first-order valence-corrected chi connectivity index (χ1v) is 8.79. The Labute approximate surface area is 162 Å². The van der Waals surface area contributed by atoms with Crippen LogP contribution in [0.2, 0.25) is 0 Å². The minimum absolute atomic E-state index is 0.263. The summed E-state index contributed by atoms with van der Waals surface area (Å²) in [4.78, 5) is 23.9. The predicted octanol–water partition coefficient (Wildman–Crippen LogP) is 3.05. The minimum Gasteiger partial charge on any atom is -0.482 e. The number of hydrogen-bond donors (Lipinski definition) is 1. The Bertz CT molecular complexity index is 953. The fourth-order valence-electron chi connectivity index (χ4n) is 2.67. The molecule has 1 heterocycles. The van der Waals surface area contributed by atoms with Crippen LogP contribution in [-0.2, 0) is 14.3 Å². The van der Waals surface area contributed by atoms with Gasteiger partial charge >= 0.3 is 5.97 Å². The number of aryl methyl sites for hydroxylation is 1. The number of anilines is 1. The number of carbonyl (C=O) groups is 2. The van der Waals surface area contributed by atoms with E-state index in [9.17, 15) is 9.59 Å². The molecule has 1 N–H and O–H groups in total. The molecule has 0 saturated heterocycles. The number of rotatable bonds is 7. The molecule has 1 amide bonds. The highest BCUT2D eigenvalue weighted by molar-refractivity contribution is 5.94. The molecular formula is C21H21N3O4. The van der Waals surface area contributed by atoms with Crippen LogP contribution in [0.25, 0.3) is 5.69 Å². The van der Waals surface area contributed by atoms with Crippen molar-refractivity contribution in [1.29, 1.82) is 0 Å². The molecule has 28 heavy (non-hydrogen) atoms. The molecule has 7 nitrogen and oxygen atoms in total. The molecule has 0 aliphatic carbocycles. The van der Waals surface area contributed by atoms with Gasteiger partial charge in [0.25, 0.3) is 5.91 Å². The first kappa shape index (κ1) is 19.2. The number of esters is 1. The summed E-state index contributed by atoms with van der Waals surface area (Å²) in [5.41, 5.74) is 2.96. The molecule has 0 unspecified atom stereocenters. The molecule has 2 aromatic carbocycles. The van der Waals surface area contributed by atoms with Crippen molar-refractivity contribution >= 4 is 17.6 Å². The van der Waals surface area contributed by atoms with Crippen LogP contribution in [0.15, 0.2) is 60.7 Å². The summed E-state index contributed by atoms with van der Waals surface area (Å²) in [6.45, 7) is 3.01. The molecule has 0 aliphatic rings. The van der Waals surface area contributed by atoms with Gasteiger partial charge in [-0.05, 0) is 38.1 Å². The van der Waals surface area contributed by atoms with Gasteiger partial charge in [0.2, 0.25) is 0 Å². The van der Waals surface area contributed by atoms with Crippen LogP contribution in [0, 0.1) is 13.8 Å². The van der Waals surface area contributed by atoms with Gasteiger partial charge in [0.05, 0.1) is 22.8 Å². The Morgan fingerprint density at radius 3 is 2.29 bits per heavy atom. The highest BCUT2D eigenvalue weighted by Crippen LogP contribution is 2.22. The first-order valence-electron chi connectivity index (χ1n) is 8.79. The van der Waals surface area contributed by atoms with Gasteiger partial charge in [-0.1, -0.05) is 36.4 Å². The lowest BCUT2D eigenvalue weighted by molar-refractivity contribution is -0.149. The second-order valence-electron chi connectivity index (χ2n) is 6.10. The molecule has 0 saturated carbocycles. The van der Waals surface area contributed by atoms with Gasteiger partial charge in [-0.25, -0.2) is 9.48 Å². The molecule has 0 spiro atoms. The highest BCUT2D eigenvalue weighted by Gasteiger charge is 2.16. The zero-order valence-electron chi connectivity index (χ0n) is 15.7. The van der Waals surface area contributed by atoms with Gasteiger partial charge in [0.1, 0.15) is 5.75 Å². The van der Waals surface area contributed by atoms with E-state index in [1.165, 1.54) is 0 Å². The van der Waals surface area contributed by atoms with E-state index in [1.807, 2.05) is 50.2 Å². The number of benzene rings is 2. The van der Waals surface area contributed by atoms with E-state index in [0.717, 1.165) is 11.4 Å². The fraction of sp³-hybridized carbons (Fsp3) is 0.190. The van der Waals surface area contributed by atoms with Crippen molar-refractivity contribution in [3.63, 3.8) is 0 Å². The smallest absolute Gasteiger partial charge is 0.344 e. The number of nitrogens with one attached hydrogen (secondary N) is 1. The van der Waals surface area contributed by atoms with Crippen LogP contribution in [0.4, 0.5) is 5.69 Å². The third-order valence-electron chi connectivity index (χ3n) is 4.02. The lowest BCUT2D eigenvalue weighted by atomic mass is 10.3. The molecule has 0 bridgehead atoms. The van der Waals surface area contributed by atoms with Crippen molar-refractivity contribution in [3.05, 3.63) is 72.1 Å². The normalized spacial score (nSPS) is 10.4. The summed E-state index contributed by atoms with van der Waals surface area (Å²) >= 11 is 0. The third-order valence-corrected chi connectivity index (χ3v) is 4.02. The van der Waals surface area contributed by atoms with Crippen molar-refractivity contribution in [2.75, 3.05) is 18.5 Å². The second kappa shape index (κ2) is 8.85. The van der Waals surface area contributed by atoms with Crippen molar-refractivity contribution in [3.8, 4) is 11.4 Å². The standard InChI is InChI=1S/C21H21N3O4/c1-15-21(16(2)24(23-15)17-9-5-3-6-10-17)22-19(25)13-28-20(26)14-27-18-11-7-4-8-12-18/h3-12H,13-14H2,1-2H3,(H,22,25). The van der Waals surface area contributed by atoms with Crippen molar-refractivity contribution in [2.24, 2.45) is 0 Å². The Balaban J connectivity index is 1.54. The molecule has 0 fully saturated rings. The second-order valence-corrected chi connectivity index (χ2v) is 6.10. The van der Waals surface area contributed by atoms with E-state index in [1.54, 1.807) is 28.9 Å². The van der Waals surface area contributed by atoms with Crippen molar-refractivity contribution in [2.45, 2.75) is 13.8 Å². The Hall–Kier alpha value is -3.61. The fourth-order valence-corrected chi connectivity index (χ4v) is 2.67. The van der Waals surface area contributed by atoms with Crippen molar-refractivity contribution < 1.29 is 19.1 Å². The van der Waals surface area contributed by atoms with Gasteiger partial charge in [-0.15, -0.1) is 0 Å². The van der Waals surface area contributed by atoms with E-state index in [-0.39, 0.29) is 6.61 Å². The average molecular weight is 379 g/mol. The molecule has 1 aromatic heterocycles. The number of aromatic nitrogens is 2. The van der Waals surface area contributed by atoms with Gasteiger partial charge in [0.15, 0.2) is 13.2 Å². The predicted molar refractivity (Wildman–Crippen MR) is 105 cm³/mol. The number of amides is 1. The summed E-state index contributed by atoms with van der Waals surface area (Å²) in [5.74, 6) is -0.497. The molecule has 144 valence electrons. The maximum atomic E-state index is 12.2. The van der Waals surface area contributed by atoms with Gasteiger partial charge < -0.3 is 14.8 Å². The van der Waals surface area contributed by atoms with E-state index >= 15 is 0 Å². The highest BCUT2D eigenvalue weighted by atomic mass is 16.6. The zero-order chi connectivity index (χ0) is 19.9. The summed E-state index contributed by atoms with van der Waals surface area (Å²) in [7, 11) is 0. The molecule has 3 rings (SSSR count). The number of carbonyl (C=O) groups excluding carboxylic acids is 2. The zero-order valence-corrected chi connectivity index (χ0v) is 15.7. The summed E-state index contributed by atoms with van der Waals surface area (Å²) in [5, 5.41) is 7.22. The van der Waals surface area contributed by atoms with E-state index in [2.05, 4.69) is 10.4 Å². The number of para-hydroxylation sites is 2. The van der Waals surface area contributed by atoms with Crippen LogP contribution in [0.1, 0.15) is 11.4 Å². The molecule has 7 heteroatoms. The Morgan fingerprint density at radius 1 is 0.964 bits per heavy atom. The van der Waals surface area contributed by atoms with Crippen LogP contribution in [0.5, 0.6) is 5.75 Å². The number of nitrogens with zero attached hydrogens (tertiary/aromatic N) is 2. The quantitative estimate of drug-likeness (QED) is 0.638.